The molecule has 1 heterocycles. The number of pyridine rings is 1. The van der Waals surface area contributed by atoms with E-state index < -0.39 is 0 Å². The zero-order chi connectivity index (χ0) is 12.3. The molecule has 90 valence electrons. The largest absolute Gasteiger partial charge is 0.382 e. The summed E-state index contributed by atoms with van der Waals surface area (Å²) in [6.07, 6.45) is 1.95. The number of hydrogen-bond acceptors (Lipinski definition) is 3. The van der Waals surface area contributed by atoms with Crippen molar-refractivity contribution in [2.45, 2.75) is 13.0 Å². The molecule has 0 fully saturated rings. The zero-order valence-electron chi connectivity index (χ0n) is 9.90. The van der Waals surface area contributed by atoms with Crippen molar-refractivity contribution in [2.75, 3.05) is 19.0 Å². The molecule has 0 bridgehead atoms. The summed E-state index contributed by atoms with van der Waals surface area (Å²) in [5.41, 5.74) is 1.96. The Balaban J connectivity index is 2.30. The number of hydrogen-bond donors (Lipinski definition) is 1. The lowest BCUT2D eigenvalue weighted by Crippen LogP contribution is -2.18. The summed E-state index contributed by atoms with van der Waals surface area (Å²) in [5, 5.41) is 5.09. The molecule has 1 aromatic carbocycles. The molecular weight excluding hydrogens is 236 g/mol. The van der Waals surface area contributed by atoms with Gasteiger partial charge in [-0.1, -0.05) is 11.6 Å². The van der Waals surface area contributed by atoms with Crippen LogP contribution < -0.4 is 5.32 Å². The Morgan fingerprint density at radius 2 is 2.24 bits per heavy atom. The Kier molecular flexibility index (Phi) is 3.82. The number of nitrogens with zero attached hydrogens (tertiary/aromatic N) is 1. The molecule has 0 spiro atoms. The van der Waals surface area contributed by atoms with Crippen LogP contribution >= 0.6 is 11.6 Å². The topological polar surface area (TPSA) is 34.1 Å². The number of fused-ring (bicyclic) bond motifs is 1. The fourth-order valence-electron chi connectivity index (χ4n) is 1.61. The molecule has 1 aromatic heterocycles. The summed E-state index contributed by atoms with van der Waals surface area (Å²) < 4.78 is 5.20. The van der Waals surface area contributed by atoms with Crippen molar-refractivity contribution < 1.29 is 4.74 Å². The Hall–Kier alpha value is -1.32. The highest BCUT2D eigenvalue weighted by molar-refractivity contribution is 6.31. The van der Waals surface area contributed by atoms with Crippen molar-refractivity contribution in [3.63, 3.8) is 0 Å². The van der Waals surface area contributed by atoms with E-state index in [0.29, 0.717) is 5.02 Å². The fraction of sp³-hybridized carbons (Fsp3) is 0.308. The Labute approximate surface area is 106 Å². The first-order valence-electron chi connectivity index (χ1n) is 5.51. The minimum absolute atomic E-state index is 0.164. The number of ether oxygens (including phenoxy) is 1. The molecule has 2 rings (SSSR count). The molecule has 0 radical (unpaired) electrons. The van der Waals surface area contributed by atoms with Crippen molar-refractivity contribution in [1.82, 2.24) is 4.98 Å². The summed E-state index contributed by atoms with van der Waals surface area (Å²) in [6, 6.07) is 7.63. The highest BCUT2D eigenvalue weighted by Crippen LogP contribution is 2.24. The van der Waals surface area contributed by atoms with Crippen molar-refractivity contribution in [3.8, 4) is 0 Å². The standard InChI is InChI=1S/C13H15ClN2O/c1-9(17-2)8-16-13-5-6-15-12-4-3-10(14)7-11(12)13/h3-7,9H,8H2,1-2H3,(H,15,16). The lowest BCUT2D eigenvalue weighted by Gasteiger charge is -2.13. The highest BCUT2D eigenvalue weighted by Gasteiger charge is 2.04. The van der Waals surface area contributed by atoms with Crippen molar-refractivity contribution >= 4 is 28.2 Å². The Morgan fingerprint density at radius 3 is 3.00 bits per heavy atom. The van der Waals surface area contributed by atoms with Gasteiger partial charge in [0.15, 0.2) is 0 Å². The van der Waals surface area contributed by atoms with Crippen LogP contribution in [-0.4, -0.2) is 24.7 Å². The van der Waals surface area contributed by atoms with Crippen LogP contribution in [0.5, 0.6) is 0 Å². The van der Waals surface area contributed by atoms with E-state index in [1.165, 1.54) is 0 Å². The van der Waals surface area contributed by atoms with Crippen molar-refractivity contribution in [2.24, 2.45) is 0 Å². The maximum absolute atomic E-state index is 6.00. The summed E-state index contributed by atoms with van der Waals surface area (Å²) in [4.78, 5) is 4.30. The third-order valence-corrected chi connectivity index (χ3v) is 2.92. The van der Waals surface area contributed by atoms with Gasteiger partial charge in [0.05, 0.1) is 11.6 Å². The van der Waals surface area contributed by atoms with Crippen LogP contribution in [0.15, 0.2) is 30.5 Å². The number of aromatic nitrogens is 1. The van der Waals surface area contributed by atoms with Gasteiger partial charge in [0.25, 0.3) is 0 Å². The molecule has 17 heavy (non-hydrogen) atoms. The molecule has 3 nitrogen and oxygen atoms in total. The third-order valence-electron chi connectivity index (χ3n) is 2.69. The second kappa shape index (κ2) is 5.34. The molecule has 2 aromatic rings. The minimum Gasteiger partial charge on any atom is -0.382 e. The van der Waals surface area contributed by atoms with Gasteiger partial charge in [-0.25, -0.2) is 0 Å². The van der Waals surface area contributed by atoms with Gasteiger partial charge in [0.2, 0.25) is 0 Å². The molecule has 0 aliphatic heterocycles. The van der Waals surface area contributed by atoms with Gasteiger partial charge in [-0.15, -0.1) is 0 Å². The summed E-state index contributed by atoms with van der Waals surface area (Å²) in [5.74, 6) is 0. The van der Waals surface area contributed by atoms with Crippen molar-refractivity contribution in [1.29, 1.82) is 0 Å². The summed E-state index contributed by atoms with van der Waals surface area (Å²) in [7, 11) is 1.70. The van der Waals surface area contributed by atoms with Crippen LogP contribution in [0.1, 0.15) is 6.92 Å². The molecule has 1 N–H and O–H groups in total. The van der Waals surface area contributed by atoms with Crippen LogP contribution in [0.3, 0.4) is 0 Å². The van der Waals surface area contributed by atoms with Gasteiger partial charge in [-0.3, -0.25) is 4.98 Å². The zero-order valence-corrected chi connectivity index (χ0v) is 10.7. The fourth-order valence-corrected chi connectivity index (χ4v) is 1.78. The lowest BCUT2D eigenvalue weighted by atomic mass is 10.2. The molecule has 1 unspecified atom stereocenters. The van der Waals surface area contributed by atoms with E-state index in [-0.39, 0.29) is 6.10 Å². The number of methoxy groups -OCH3 is 1. The van der Waals surface area contributed by atoms with Gasteiger partial charge in [-0.05, 0) is 31.2 Å². The first-order chi connectivity index (χ1) is 8.20. The monoisotopic (exact) mass is 250 g/mol. The SMILES string of the molecule is COC(C)CNc1ccnc2ccc(Cl)cc12. The second-order valence-electron chi connectivity index (χ2n) is 3.95. The third kappa shape index (κ3) is 2.87. The van der Waals surface area contributed by atoms with Gasteiger partial charge >= 0.3 is 0 Å². The molecule has 0 aliphatic carbocycles. The van der Waals surface area contributed by atoms with Gasteiger partial charge < -0.3 is 10.1 Å². The Morgan fingerprint density at radius 1 is 1.41 bits per heavy atom. The van der Waals surface area contributed by atoms with Gasteiger partial charge in [0, 0.05) is 35.9 Å². The van der Waals surface area contributed by atoms with E-state index in [9.17, 15) is 0 Å². The quantitative estimate of drug-likeness (QED) is 0.904. The summed E-state index contributed by atoms with van der Waals surface area (Å²) >= 11 is 6.00. The Bertz CT molecular complexity index is 516. The van der Waals surface area contributed by atoms with E-state index in [2.05, 4.69) is 10.3 Å². The van der Waals surface area contributed by atoms with Crippen LogP contribution in [0.2, 0.25) is 5.02 Å². The molecule has 0 saturated heterocycles. The van der Waals surface area contributed by atoms with Crippen LogP contribution in [-0.2, 0) is 4.74 Å². The first-order valence-corrected chi connectivity index (χ1v) is 5.89. The minimum atomic E-state index is 0.164. The first kappa shape index (κ1) is 12.1. The normalized spacial score (nSPS) is 12.6. The molecule has 0 aliphatic rings. The van der Waals surface area contributed by atoms with Crippen LogP contribution in [0, 0.1) is 0 Å². The molecule has 4 heteroatoms. The number of nitrogens with one attached hydrogen (secondary N) is 1. The van der Waals surface area contributed by atoms with Gasteiger partial charge in [-0.2, -0.15) is 0 Å². The molecular formula is C13H15ClN2O. The number of benzene rings is 1. The lowest BCUT2D eigenvalue weighted by molar-refractivity contribution is 0.129. The maximum atomic E-state index is 6.00. The predicted octanol–water partition coefficient (Wildman–Crippen LogP) is 3.34. The average Bonchev–Trinajstić information content (AvgIpc) is 2.35. The smallest absolute Gasteiger partial charge is 0.0723 e. The van der Waals surface area contributed by atoms with E-state index in [4.69, 9.17) is 16.3 Å². The second-order valence-corrected chi connectivity index (χ2v) is 4.38. The van der Waals surface area contributed by atoms with E-state index in [1.54, 1.807) is 13.3 Å². The van der Waals surface area contributed by atoms with Crippen LogP contribution in [0.4, 0.5) is 5.69 Å². The van der Waals surface area contributed by atoms with E-state index in [0.717, 1.165) is 23.1 Å². The maximum Gasteiger partial charge on any atom is 0.0723 e. The number of halogens is 1. The number of rotatable bonds is 4. The van der Waals surface area contributed by atoms with E-state index in [1.807, 2.05) is 31.2 Å². The molecule has 0 saturated carbocycles. The van der Waals surface area contributed by atoms with E-state index >= 15 is 0 Å². The molecule has 0 amide bonds. The van der Waals surface area contributed by atoms with Crippen molar-refractivity contribution in [3.05, 3.63) is 35.5 Å². The number of anilines is 1. The average molecular weight is 251 g/mol. The summed E-state index contributed by atoms with van der Waals surface area (Å²) in [6.45, 7) is 2.77. The van der Waals surface area contributed by atoms with Gasteiger partial charge in [0.1, 0.15) is 0 Å². The predicted molar refractivity (Wildman–Crippen MR) is 71.7 cm³/mol. The highest BCUT2D eigenvalue weighted by atomic mass is 35.5. The van der Waals surface area contributed by atoms with Crippen LogP contribution in [0.25, 0.3) is 10.9 Å². The molecule has 1 atom stereocenters.